The van der Waals surface area contributed by atoms with Crippen LogP contribution in [0.1, 0.15) is 77.6 Å². The highest BCUT2D eigenvalue weighted by Gasteiger charge is 2.23. The Bertz CT molecular complexity index is 228. The second-order valence-corrected chi connectivity index (χ2v) is 6.35. The molecule has 2 fully saturated rings. The summed E-state index contributed by atoms with van der Waals surface area (Å²) in [5, 5.41) is 0. The van der Waals surface area contributed by atoms with Crippen LogP contribution in [0.4, 0.5) is 0 Å². The van der Waals surface area contributed by atoms with Crippen molar-refractivity contribution in [2.75, 3.05) is 0 Å². The maximum absolute atomic E-state index is 11.2. The van der Waals surface area contributed by atoms with Gasteiger partial charge >= 0.3 is 0 Å². The average molecular weight is 236 g/mol. The molecule has 98 valence electrons. The smallest absolute Gasteiger partial charge is 0.132 e. The van der Waals surface area contributed by atoms with E-state index < -0.39 is 0 Å². The molecule has 0 N–H and O–H groups in total. The number of carbonyl (C=O) groups is 1. The van der Waals surface area contributed by atoms with Gasteiger partial charge in [-0.25, -0.2) is 0 Å². The molecule has 0 aromatic rings. The van der Waals surface area contributed by atoms with Gasteiger partial charge in [0.05, 0.1) is 0 Å². The molecule has 0 aromatic carbocycles. The minimum atomic E-state index is 0.504. The molecule has 17 heavy (non-hydrogen) atoms. The Morgan fingerprint density at radius 2 is 1.29 bits per heavy atom. The number of hydrogen-bond acceptors (Lipinski definition) is 1. The fraction of sp³-hybridized carbons (Fsp3) is 0.938. The first kappa shape index (κ1) is 13.1. The van der Waals surface area contributed by atoms with Gasteiger partial charge in [-0.15, -0.1) is 0 Å². The number of carbonyl (C=O) groups excluding carboxylic acids is 1. The summed E-state index contributed by atoms with van der Waals surface area (Å²) in [6.45, 7) is 2.34. The zero-order valence-electron chi connectivity index (χ0n) is 11.4. The summed E-state index contributed by atoms with van der Waals surface area (Å²) in [5.41, 5.74) is 0. The Balaban J connectivity index is 1.61. The van der Waals surface area contributed by atoms with Gasteiger partial charge in [-0.3, -0.25) is 4.79 Å². The lowest BCUT2D eigenvalue weighted by Gasteiger charge is -2.29. The van der Waals surface area contributed by atoms with Crippen molar-refractivity contribution < 1.29 is 4.79 Å². The van der Waals surface area contributed by atoms with Gasteiger partial charge in [-0.2, -0.15) is 0 Å². The second-order valence-electron chi connectivity index (χ2n) is 6.35. The van der Waals surface area contributed by atoms with Crippen LogP contribution in [0.5, 0.6) is 0 Å². The van der Waals surface area contributed by atoms with Gasteiger partial charge in [0.1, 0.15) is 5.78 Å². The van der Waals surface area contributed by atoms with Crippen LogP contribution in [0.3, 0.4) is 0 Å². The van der Waals surface area contributed by atoms with Crippen LogP contribution in [0.15, 0.2) is 0 Å². The van der Waals surface area contributed by atoms with Crippen molar-refractivity contribution in [1.29, 1.82) is 0 Å². The molecule has 0 radical (unpaired) electrons. The molecule has 1 heteroatoms. The first-order chi connectivity index (χ1) is 8.28. The molecular formula is C16H28O. The van der Waals surface area contributed by atoms with Crippen LogP contribution in [0, 0.1) is 17.8 Å². The largest absolute Gasteiger partial charge is 0.300 e. The summed E-state index contributed by atoms with van der Waals surface area (Å²) in [7, 11) is 0. The average Bonchev–Trinajstić information content (AvgIpc) is 2.39. The number of ketones is 1. The molecule has 0 heterocycles. The molecule has 2 rings (SSSR count). The van der Waals surface area contributed by atoms with Crippen molar-refractivity contribution in [2.24, 2.45) is 17.8 Å². The Morgan fingerprint density at radius 1 is 0.824 bits per heavy atom. The topological polar surface area (TPSA) is 17.1 Å². The van der Waals surface area contributed by atoms with Crippen molar-refractivity contribution in [3.63, 3.8) is 0 Å². The van der Waals surface area contributed by atoms with E-state index in [1.807, 2.05) is 0 Å². The molecule has 0 unspecified atom stereocenters. The van der Waals surface area contributed by atoms with Gasteiger partial charge in [-0.05, 0) is 30.6 Å². The Hall–Kier alpha value is -0.330. The standard InChI is InChI=1S/C16H28O/c1-2-13-3-5-14(6-4-13)7-8-15-9-11-16(17)12-10-15/h13-15H,2-12H2,1H3. The number of Topliss-reactive ketones (excluding diaryl/α,β-unsaturated/α-hetero) is 1. The van der Waals surface area contributed by atoms with Crippen molar-refractivity contribution in [3.8, 4) is 0 Å². The molecule has 0 aromatic heterocycles. The monoisotopic (exact) mass is 236 g/mol. The zero-order valence-corrected chi connectivity index (χ0v) is 11.4. The molecule has 2 saturated carbocycles. The second kappa shape index (κ2) is 6.56. The Labute approximate surface area is 106 Å². The highest BCUT2D eigenvalue weighted by molar-refractivity contribution is 5.78. The van der Waals surface area contributed by atoms with E-state index in [0.717, 1.165) is 30.6 Å². The Kier molecular flexibility index (Phi) is 5.06. The van der Waals surface area contributed by atoms with Crippen LogP contribution >= 0.6 is 0 Å². The first-order valence-electron chi connectivity index (χ1n) is 7.79. The fourth-order valence-corrected chi connectivity index (χ4v) is 3.69. The van der Waals surface area contributed by atoms with Crippen molar-refractivity contribution in [1.82, 2.24) is 0 Å². The van der Waals surface area contributed by atoms with Gasteiger partial charge in [0.2, 0.25) is 0 Å². The lowest BCUT2D eigenvalue weighted by atomic mass is 9.76. The molecular weight excluding hydrogens is 208 g/mol. The minimum absolute atomic E-state index is 0.504. The van der Waals surface area contributed by atoms with E-state index in [9.17, 15) is 4.79 Å². The van der Waals surface area contributed by atoms with Crippen molar-refractivity contribution in [3.05, 3.63) is 0 Å². The van der Waals surface area contributed by atoms with Crippen molar-refractivity contribution in [2.45, 2.75) is 77.6 Å². The first-order valence-corrected chi connectivity index (χ1v) is 7.79. The molecule has 2 aliphatic rings. The summed E-state index contributed by atoms with van der Waals surface area (Å²) in [4.78, 5) is 11.2. The lowest BCUT2D eigenvalue weighted by molar-refractivity contribution is -0.121. The molecule has 1 nitrogen and oxygen atoms in total. The van der Waals surface area contributed by atoms with Crippen LogP contribution in [-0.2, 0) is 4.79 Å². The molecule has 2 aliphatic carbocycles. The predicted molar refractivity (Wildman–Crippen MR) is 71.9 cm³/mol. The van der Waals surface area contributed by atoms with Crippen molar-refractivity contribution >= 4 is 5.78 Å². The summed E-state index contributed by atoms with van der Waals surface area (Å²) in [5.74, 6) is 3.41. The molecule has 0 bridgehead atoms. The summed E-state index contributed by atoms with van der Waals surface area (Å²) in [6.07, 6.45) is 14.2. The van der Waals surface area contributed by atoms with Gasteiger partial charge in [0.15, 0.2) is 0 Å². The van der Waals surface area contributed by atoms with Crippen LogP contribution in [-0.4, -0.2) is 5.78 Å². The molecule has 0 aliphatic heterocycles. The molecule has 0 atom stereocenters. The third-order valence-electron chi connectivity index (χ3n) is 5.19. The van der Waals surface area contributed by atoms with Gasteiger partial charge in [0, 0.05) is 12.8 Å². The lowest BCUT2D eigenvalue weighted by Crippen LogP contribution is -2.17. The highest BCUT2D eigenvalue weighted by Crippen LogP contribution is 2.35. The summed E-state index contributed by atoms with van der Waals surface area (Å²) < 4.78 is 0. The predicted octanol–water partition coefficient (Wildman–Crippen LogP) is 4.74. The minimum Gasteiger partial charge on any atom is -0.300 e. The van der Waals surface area contributed by atoms with Gasteiger partial charge in [0.25, 0.3) is 0 Å². The van der Waals surface area contributed by atoms with Gasteiger partial charge < -0.3 is 0 Å². The third-order valence-corrected chi connectivity index (χ3v) is 5.19. The quantitative estimate of drug-likeness (QED) is 0.689. The molecule has 0 amide bonds. The van der Waals surface area contributed by atoms with E-state index in [1.165, 1.54) is 57.8 Å². The highest BCUT2D eigenvalue weighted by atomic mass is 16.1. The molecule has 0 spiro atoms. The van der Waals surface area contributed by atoms with E-state index in [2.05, 4.69) is 6.92 Å². The van der Waals surface area contributed by atoms with Crippen LogP contribution in [0.2, 0.25) is 0 Å². The van der Waals surface area contributed by atoms with E-state index >= 15 is 0 Å². The van der Waals surface area contributed by atoms with E-state index in [0.29, 0.717) is 5.78 Å². The number of rotatable bonds is 4. The van der Waals surface area contributed by atoms with Gasteiger partial charge in [-0.1, -0.05) is 51.9 Å². The van der Waals surface area contributed by atoms with Crippen LogP contribution < -0.4 is 0 Å². The van der Waals surface area contributed by atoms with E-state index in [4.69, 9.17) is 0 Å². The maximum Gasteiger partial charge on any atom is 0.132 e. The summed E-state index contributed by atoms with van der Waals surface area (Å²) in [6, 6.07) is 0. The SMILES string of the molecule is CCC1CCC(CCC2CCC(=O)CC2)CC1. The van der Waals surface area contributed by atoms with E-state index in [1.54, 1.807) is 0 Å². The third kappa shape index (κ3) is 4.12. The number of hydrogen-bond donors (Lipinski definition) is 0. The maximum atomic E-state index is 11.2. The summed E-state index contributed by atoms with van der Waals surface area (Å²) >= 11 is 0. The fourth-order valence-electron chi connectivity index (χ4n) is 3.69. The molecule has 0 saturated heterocycles. The normalized spacial score (nSPS) is 31.7. The Morgan fingerprint density at radius 3 is 1.82 bits per heavy atom. The zero-order chi connectivity index (χ0) is 12.1. The van der Waals surface area contributed by atoms with Crippen LogP contribution in [0.25, 0.3) is 0 Å². The van der Waals surface area contributed by atoms with E-state index in [-0.39, 0.29) is 0 Å².